The quantitative estimate of drug-likeness (QED) is 0.330. The maximum atomic E-state index is 13.8. The molecule has 110 valence electrons. The number of amidine groups is 1. The molecule has 0 saturated carbocycles. The van der Waals surface area contributed by atoms with Crippen LogP contribution in [0.5, 0.6) is 0 Å². The number of hydrogen-bond donors (Lipinski definition) is 3. The predicted molar refractivity (Wildman–Crippen MR) is 74.1 cm³/mol. The summed E-state index contributed by atoms with van der Waals surface area (Å²) in [5, 5.41) is 14.0. The van der Waals surface area contributed by atoms with Gasteiger partial charge in [-0.1, -0.05) is 17.3 Å². The molecule has 0 saturated heterocycles. The van der Waals surface area contributed by atoms with Gasteiger partial charge in [0.2, 0.25) is 0 Å². The van der Waals surface area contributed by atoms with Gasteiger partial charge in [-0.2, -0.15) is 0 Å². The lowest BCUT2D eigenvalue weighted by Crippen LogP contribution is -2.39. The zero-order valence-corrected chi connectivity index (χ0v) is 11.6. The van der Waals surface area contributed by atoms with Crippen molar-refractivity contribution in [2.45, 2.75) is 20.4 Å². The van der Waals surface area contributed by atoms with Gasteiger partial charge in [-0.25, -0.2) is 9.18 Å². The van der Waals surface area contributed by atoms with E-state index in [-0.39, 0.29) is 24.0 Å². The van der Waals surface area contributed by atoms with Gasteiger partial charge >= 0.3 is 6.03 Å². The Labute approximate surface area is 117 Å². The van der Waals surface area contributed by atoms with Crippen molar-refractivity contribution in [3.63, 3.8) is 0 Å². The predicted octanol–water partition coefficient (Wildman–Crippen LogP) is 1.47. The average Bonchev–Trinajstić information content (AvgIpc) is 2.46. The number of hydrogen-bond acceptors (Lipinski definition) is 3. The SMILES string of the molecule is CCN(CC)C(=O)NCc1ccc(C(N)=NO)cc1F. The Hall–Kier alpha value is -2.31. The molecule has 6 nitrogen and oxygen atoms in total. The van der Waals surface area contributed by atoms with E-state index < -0.39 is 5.82 Å². The number of urea groups is 1. The molecule has 0 unspecified atom stereocenters. The van der Waals surface area contributed by atoms with Gasteiger partial charge < -0.3 is 21.2 Å². The Bertz CT molecular complexity index is 501. The van der Waals surface area contributed by atoms with Crippen LogP contribution in [0.3, 0.4) is 0 Å². The highest BCUT2D eigenvalue weighted by Crippen LogP contribution is 2.10. The van der Waals surface area contributed by atoms with Crippen LogP contribution in [0.4, 0.5) is 9.18 Å². The molecule has 1 rings (SSSR count). The van der Waals surface area contributed by atoms with Crippen LogP contribution in [0.1, 0.15) is 25.0 Å². The van der Waals surface area contributed by atoms with Crippen LogP contribution in [0.15, 0.2) is 23.4 Å². The van der Waals surface area contributed by atoms with Crippen LogP contribution in [0.25, 0.3) is 0 Å². The molecule has 0 heterocycles. The highest BCUT2D eigenvalue weighted by molar-refractivity contribution is 5.97. The van der Waals surface area contributed by atoms with Gasteiger partial charge in [0.05, 0.1) is 0 Å². The molecular formula is C13H19FN4O2. The fourth-order valence-electron chi connectivity index (χ4n) is 1.70. The topological polar surface area (TPSA) is 91.0 Å². The van der Waals surface area contributed by atoms with E-state index in [1.807, 2.05) is 13.8 Å². The van der Waals surface area contributed by atoms with Gasteiger partial charge in [-0.3, -0.25) is 0 Å². The standard InChI is InChI=1S/C13H19FN4O2/c1-3-18(4-2)13(19)16-8-10-6-5-9(7-11(10)14)12(15)17-20/h5-7,20H,3-4,8H2,1-2H3,(H2,15,17)(H,16,19). The first-order chi connectivity index (χ1) is 9.53. The molecule has 0 aromatic heterocycles. The number of rotatable bonds is 5. The van der Waals surface area contributed by atoms with Gasteiger partial charge in [0, 0.05) is 30.8 Å². The molecule has 0 fully saturated rings. The number of amides is 2. The zero-order valence-electron chi connectivity index (χ0n) is 11.6. The largest absolute Gasteiger partial charge is 0.409 e. The number of carbonyl (C=O) groups is 1. The molecular weight excluding hydrogens is 263 g/mol. The number of oxime groups is 1. The molecule has 0 radical (unpaired) electrons. The first-order valence-corrected chi connectivity index (χ1v) is 6.32. The second-order valence-electron chi connectivity index (χ2n) is 4.12. The van der Waals surface area contributed by atoms with Crippen molar-refractivity contribution in [3.05, 3.63) is 35.1 Å². The van der Waals surface area contributed by atoms with Gasteiger partial charge in [0.1, 0.15) is 5.82 Å². The molecule has 7 heteroatoms. The van der Waals surface area contributed by atoms with Crippen LogP contribution in [0, 0.1) is 5.82 Å². The summed E-state index contributed by atoms with van der Waals surface area (Å²) < 4.78 is 13.8. The van der Waals surface area contributed by atoms with Crippen molar-refractivity contribution in [2.24, 2.45) is 10.9 Å². The molecule has 4 N–H and O–H groups in total. The number of nitrogens with zero attached hydrogens (tertiary/aromatic N) is 2. The third-order valence-corrected chi connectivity index (χ3v) is 2.94. The lowest BCUT2D eigenvalue weighted by atomic mass is 10.1. The second-order valence-corrected chi connectivity index (χ2v) is 4.12. The Balaban J connectivity index is 2.72. The van der Waals surface area contributed by atoms with Crippen LogP contribution < -0.4 is 11.1 Å². The van der Waals surface area contributed by atoms with E-state index in [9.17, 15) is 9.18 Å². The minimum atomic E-state index is -0.519. The fourth-order valence-corrected chi connectivity index (χ4v) is 1.70. The summed E-state index contributed by atoms with van der Waals surface area (Å²) in [4.78, 5) is 13.3. The van der Waals surface area contributed by atoms with Crippen LogP contribution >= 0.6 is 0 Å². The number of halogens is 1. The molecule has 0 aliphatic heterocycles. The summed E-state index contributed by atoms with van der Waals surface area (Å²) >= 11 is 0. The lowest BCUT2D eigenvalue weighted by Gasteiger charge is -2.19. The Morgan fingerprint density at radius 3 is 2.60 bits per heavy atom. The molecule has 1 aromatic carbocycles. The first-order valence-electron chi connectivity index (χ1n) is 6.32. The monoisotopic (exact) mass is 282 g/mol. The summed E-state index contributed by atoms with van der Waals surface area (Å²) in [6.07, 6.45) is 0. The Morgan fingerprint density at radius 1 is 1.45 bits per heavy atom. The van der Waals surface area contributed by atoms with E-state index in [2.05, 4.69) is 10.5 Å². The molecule has 1 aromatic rings. The molecule has 0 aliphatic carbocycles. The lowest BCUT2D eigenvalue weighted by molar-refractivity contribution is 0.202. The first kappa shape index (κ1) is 15.7. The van der Waals surface area contributed by atoms with E-state index in [4.69, 9.17) is 10.9 Å². The van der Waals surface area contributed by atoms with Crippen LogP contribution in [-0.2, 0) is 6.54 Å². The van der Waals surface area contributed by atoms with Crippen molar-refractivity contribution < 1.29 is 14.4 Å². The van der Waals surface area contributed by atoms with E-state index in [1.165, 1.54) is 12.1 Å². The smallest absolute Gasteiger partial charge is 0.317 e. The molecule has 2 amide bonds. The fraction of sp³-hybridized carbons (Fsp3) is 0.385. The van der Waals surface area contributed by atoms with Crippen molar-refractivity contribution in [1.29, 1.82) is 0 Å². The zero-order chi connectivity index (χ0) is 15.1. The minimum Gasteiger partial charge on any atom is -0.409 e. The number of nitrogens with two attached hydrogens (primary N) is 1. The average molecular weight is 282 g/mol. The van der Waals surface area contributed by atoms with Crippen LogP contribution in [-0.4, -0.2) is 35.1 Å². The number of carbonyl (C=O) groups excluding carboxylic acids is 1. The Kier molecular flexibility index (Phi) is 5.76. The van der Waals surface area contributed by atoms with Gasteiger partial charge in [-0.05, 0) is 19.9 Å². The number of nitrogens with one attached hydrogen (secondary N) is 1. The second kappa shape index (κ2) is 7.32. The maximum Gasteiger partial charge on any atom is 0.317 e. The highest BCUT2D eigenvalue weighted by atomic mass is 19.1. The van der Waals surface area contributed by atoms with Crippen molar-refractivity contribution in [2.75, 3.05) is 13.1 Å². The van der Waals surface area contributed by atoms with Crippen molar-refractivity contribution >= 4 is 11.9 Å². The molecule has 0 atom stereocenters. The van der Waals surface area contributed by atoms with Gasteiger partial charge in [0.15, 0.2) is 5.84 Å². The maximum absolute atomic E-state index is 13.8. The molecule has 0 aliphatic rings. The Morgan fingerprint density at radius 2 is 2.10 bits per heavy atom. The highest BCUT2D eigenvalue weighted by Gasteiger charge is 2.11. The van der Waals surface area contributed by atoms with E-state index in [0.29, 0.717) is 18.7 Å². The van der Waals surface area contributed by atoms with E-state index >= 15 is 0 Å². The summed E-state index contributed by atoms with van der Waals surface area (Å²) in [5.74, 6) is -0.684. The minimum absolute atomic E-state index is 0.0810. The van der Waals surface area contributed by atoms with Crippen LogP contribution in [0.2, 0.25) is 0 Å². The van der Waals surface area contributed by atoms with Gasteiger partial charge in [0.25, 0.3) is 0 Å². The summed E-state index contributed by atoms with van der Waals surface area (Å²) in [5.41, 5.74) is 5.98. The third kappa shape index (κ3) is 3.84. The number of benzene rings is 1. The summed E-state index contributed by atoms with van der Waals surface area (Å²) in [6, 6.07) is 3.94. The molecule has 20 heavy (non-hydrogen) atoms. The van der Waals surface area contributed by atoms with E-state index in [1.54, 1.807) is 4.90 Å². The third-order valence-electron chi connectivity index (χ3n) is 2.94. The van der Waals surface area contributed by atoms with Gasteiger partial charge in [-0.15, -0.1) is 0 Å². The van der Waals surface area contributed by atoms with Crippen molar-refractivity contribution in [3.8, 4) is 0 Å². The normalized spacial score (nSPS) is 11.2. The summed E-state index contributed by atoms with van der Waals surface area (Å²) in [7, 11) is 0. The summed E-state index contributed by atoms with van der Waals surface area (Å²) in [6.45, 7) is 5.00. The molecule has 0 bridgehead atoms. The molecule has 0 spiro atoms. The van der Waals surface area contributed by atoms with E-state index in [0.717, 1.165) is 6.07 Å². The van der Waals surface area contributed by atoms with Crippen molar-refractivity contribution in [1.82, 2.24) is 10.2 Å².